The van der Waals surface area contributed by atoms with E-state index < -0.39 is 0 Å². The predicted octanol–water partition coefficient (Wildman–Crippen LogP) is 4.34. The summed E-state index contributed by atoms with van der Waals surface area (Å²) < 4.78 is 6.14. The van der Waals surface area contributed by atoms with Gasteiger partial charge < -0.3 is 4.65 Å². The quantitative estimate of drug-likeness (QED) is 0.553. The minimum Gasteiger partial charge on any atom is -0.555 e. The highest BCUT2D eigenvalue weighted by molar-refractivity contribution is 6.69. The molecule has 0 bridgehead atoms. The van der Waals surface area contributed by atoms with Gasteiger partial charge in [-0.15, -0.1) is 0 Å². The smallest absolute Gasteiger partial charge is 0.389 e. The molecule has 0 radical (unpaired) electrons. The fourth-order valence-electron chi connectivity index (χ4n) is 3.39. The standard InChI is InChI=1S/C19H17BO/c1-12-8-9-16-18(10-12)21-20(3)17-11-13(2)14-6-4-5-7-15(14)19(16)17/h4-11H,1-3H3. The summed E-state index contributed by atoms with van der Waals surface area (Å²) in [5.74, 6) is 1.00. The summed E-state index contributed by atoms with van der Waals surface area (Å²) in [7, 11) is 0. The minimum absolute atomic E-state index is 0.0950. The summed E-state index contributed by atoms with van der Waals surface area (Å²) in [5, 5.41) is 2.66. The fourth-order valence-corrected chi connectivity index (χ4v) is 3.39. The topological polar surface area (TPSA) is 9.23 Å². The van der Waals surface area contributed by atoms with Crippen LogP contribution >= 0.6 is 0 Å². The molecule has 1 aliphatic heterocycles. The maximum atomic E-state index is 6.14. The normalized spacial score (nSPS) is 12.8. The van der Waals surface area contributed by atoms with Gasteiger partial charge >= 0.3 is 6.92 Å². The third-order valence-electron chi connectivity index (χ3n) is 4.43. The van der Waals surface area contributed by atoms with Crippen molar-refractivity contribution in [3.05, 3.63) is 59.7 Å². The number of aryl methyl sites for hydroxylation is 2. The summed E-state index contributed by atoms with van der Waals surface area (Å²) in [6.45, 7) is 6.52. The molecule has 2 heteroatoms. The molecule has 4 rings (SSSR count). The third kappa shape index (κ3) is 1.79. The van der Waals surface area contributed by atoms with Crippen LogP contribution in [0, 0.1) is 13.8 Å². The zero-order valence-corrected chi connectivity index (χ0v) is 12.6. The minimum atomic E-state index is 0.0950. The van der Waals surface area contributed by atoms with Crippen molar-refractivity contribution in [3.63, 3.8) is 0 Å². The van der Waals surface area contributed by atoms with E-state index in [9.17, 15) is 0 Å². The molecule has 0 saturated carbocycles. The average Bonchev–Trinajstić information content (AvgIpc) is 2.48. The van der Waals surface area contributed by atoms with E-state index >= 15 is 0 Å². The molecule has 0 unspecified atom stereocenters. The van der Waals surface area contributed by atoms with Crippen LogP contribution in [0.25, 0.3) is 21.9 Å². The van der Waals surface area contributed by atoms with Gasteiger partial charge in [-0.3, -0.25) is 0 Å². The second-order valence-electron chi connectivity index (χ2n) is 5.96. The van der Waals surface area contributed by atoms with E-state index in [0.717, 1.165) is 5.75 Å². The van der Waals surface area contributed by atoms with E-state index in [4.69, 9.17) is 4.65 Å². The van der Waals surface area contributed by atoms with E-state index in [1.165, 1.54) is 38.5 Å². The lowest BCUT2D eigenvalue weighted by Crippen LogP contribution is -2.38. The van der Waals surface area contributed by atoms with E-state index in [2.05, 4.69) is 69.2 Å². The van der Waals surface area contributed by atoms with Crippen molar-refractivity contribution in [2.24, 2.45) is 0 Å². The lowest BCUT2D eigenvalue weighted by molar-refractivity contribution is 0.584. The van der Waals surface area contributed by atoms with Gasteiger partial charge in [0, 0.05) is 5.56 Å². The molecule has 0 atom stereocenters. The Morgan fingerprint density at radius 3 is 2.48 bits per heavy atom. The Bertz CT molecular complexity index is 867. The molecular formula is C19H17BO. The van der Waals surface area contributed by atoms with E-state index in [1.54, 1.807) is 0 Å². The molecule has 0 aromatic heterocycles. The molecule has 0 saturated heterocycles. The van der Waals surface area contributed by atoms with E-state index in [1.807, 2.05) is 0 Å². The molecule has 0 N–H and O–H groups in total. The van der Waals surface area contributed by atoms with Gasteiger partial charge in [-0.1, -0.05) is 42.5 Å². The second kappa shape index (κ2) is 4.39. The van der Waals surface area contributed by atoms with Gasteiger partial charge in [0.2, 0.25) is 0 Å². The van der Waals surface area contributed by atoms with Crippen molar-refractivity contribution in [3.8, 4) is 16.9 Å². The molecule has 1 aliphatic rings. The molecule has 0 amide bonds. The van der Waals surface area contributed by atoms with E-state index in [-0.39, 0.29) is 6.92 Å². The molecule has 1 nitrogen and oxygen atoms in total. The number of rotatable bonds is 0. The summed E-state index contributed by atoms with van der Waals surface area (Å²) in [4.78, 5) is 0. The van der Waals surface area contributed by atoms with Crippen molar-refractivity contribution >= 4 is 23.2 Å². The van der Waals surface area contributed by atoms with Crippen molar-refractivity contribution < 1.29 is 4.65 Å². The molecule has 3 aromatic rings. The Hall–Kier alpha value is -2.22. The first-order valence-corrected chi connectivity index (χ1v) is 7.45. The van der Waals surface area contributed by atoms with Crippen LogP contribution in [0.1, 0.15) is 11.1 Å². The third-order valence-corrected chi connectivity index (χ3v) is 4.43. The number of hydrogen-bond donors (Lipinski definition) is 0. The predicted molar refractivity (Wildman–Crippen MR) is 90.7 cm³/mol. The van der Waals surface area contributed by atoms with Crippen LogP contribution < -0.4 is 10.1 Å². The second-order valence-corrected chi connectivity index (χ2v) is 5.96. The SMILES string of the molecule is CB1Oc2cc(C)ccc2-c2c1cc(C)c1ccccc21. The van der Waals surface area contributed by atoms with Gasteiger partial charge in [-0.05, 0) is 59.7 Å². The first kappa shape index (κ1) is 12.5. The van der Waals surface area contributed by atoms with Crippen LogP contribution in [0.4, 0.5) is 0 Å². The number of benzene rings is 3. The van der Waals surface area contributed by atoms with Crippen molar-refractivity contribution in [2.75, 3.05) is 0 Å². The highest BCUT2D eigenvalue weighted by atomic mass is 16.4. The van der Waals surface area contributed by atoms with Crippen molar-refractivity contribution in [1.29, 1.82) is 0 Å². The van der Waals surface area contributed by atoms with E-state index in [0.29, 0.717) is 0 Å². The van der Waals surface area contributed by atoms with Crippen LogP contribution in [-0.2, 0) is 0 Å². The molecule has 0 fully saturated rings. The Morgan fingerprint density at radius 2 is 1.67 bits per heavy atom. The van der Waals surface area contributed by atoms with Crippen LogP contribution in [-0.4, -0.2) is 6.92 Å². The molecule has 1 heterocycles. The van der Waals surface area contributed by atoms with Gasteiger partial charge in [0.15, 0.2) is 0 Å². The molecule has 102 valence electrons. The van der Waals surface area contributed by atoms with Crippen LogP contribution in [0.5, 0.6) is 5.75 Å². The summed E-state index contributed by atoms with van der Waals surface area (Å²) in [5.41, 5.74) is 6.40. The lowest BCUT2D eigenvalue weighted by Gasteiger charge is -2.27. The molecule has 21 heavy (non-hydrogen) atoms. The van der Waals surface area contributed by atoms with Crippen molar-refractivity contribution in [2.45, 2.75) is 20.7 Å². The highest BCUT2D eigenvalue weighted by Gasteiger charge is 2.28. The van der Waals surface area contributed by atoms with Gasteiger partial charge in [-0.25, -0.2) is 0 Å². The molecule has 0 spiro atoms. The van der Waals surface area contributed by atoms with Crippen molar-refractivity contribution in [1.82, 2.24) is 0 Å². The number of fused-ring (bicyclic) bond motifs is 5. The maximum Gasteiger partial charge on any atom is 0.389 e. The summed E-state index contributed by atoms with van der Waals surface area (Å²) in [6, 6.07) is 17.4. The highest BCUT2D eigenvalue weighted by Crippen LogP contribution is 2.38. The Balaban J connectivity index is 2.16. The molecule has 0 aliphatic carbocycles. The van der Waals surface area contributed by atoms with Crippen LogP contribution in [0.3, 0.4) is 0 Å². The van der Waals surface area contributed by atoms with Gasteiger partial charge in [0.1, 0.15) is 5.75 Å². The monoisotopic (exact) mass is 272 g/mol. The first-order chi connectivity index (χ1) is 10.1. The van der Waals surface area contributed by atoms with Crippen LogP contribution in [0.2, 0.25) is 6.82 Å². The Morgan fingerprint density at radius 1 is 0.905 bits per heavy atom. The lowest BCUT2D eigenvalue weighted by atomic mass is 9.58. The summed E-state index contributed by atoms with van der Waals surface area (Å²) in [6.07, 6.45) is 0. The zero-order valence-electron chi connectivity index (χ0n) is 12.6. The van der Waals surface area contributed by atoms with Gasteiger partial charge in [0.25, 0.3) is 0 Å². The van der Waals surface area contributed by atoms with Crippen LogP contribution in [0.15, 0.2) is 48.5 Å². The van der Waals surface area contributed by atoms with Gasteiger partial charge in [0.05, 0.1) is 0 Å². The molecular weight excluding hydrogens is 255 g/mol. The zero-order chi connectivity index (χ0) is 14.6. The average molecular weight is 272 g/mol. The first-order valence-electron chi connectivity index (χ1n) is 7.45. The Kier molecular flexibility index (Phi) is 2.62. The largest absolute Gasteiger partial charge is 0.555 e. The fraction of sp³-hybridized carbons (Fsp3) is 0.158. The summed E-state index contributed by atoms with van der Waals surface area (Å²) >= 11 is 0. The van der Waals surface area contributed by atoms with Gasteiger partial charge in [-0.2, -0.15) is 0 Å². The Labute approximate surface area is 125 Å². The molecule has 3 aromatic carbocycles. The maximum absolute atomic E-state index is 6.14. The number of hydrogen-bond acceptors (Lipinski definition) is 1.